The number of anilines is 1. The van der Waals surface area contributed by atoms with E-state index in [-0.39, 0.29) is 17.9 Å². The molecule has 6 nitrogen and oxygen atoms in total. The molecule has 4 N–H and O–H groups in total. The van der Waals surface area contributed by atoms with Gasteiger partial charge in [-0.15, -0.1) is 0 Å². The Hall–Kier alpha value is -0.960. The van der Waals surface area contributed by atoms with E-state index < -0.39 is 17.4 Å². The van der Waals surface area contributed by atoms with Gasteiger partial charge in [-0.05, 0) is 34.5 Å². The van der Waals surface area contributed by atoms with Crippen molar-refractivity contribution in [1.82, 2.24) is 0 Å². The zero-order chi connectivity index (χ0) is 14.9. The maximum atomic E-state index is 12.2. The number of carboxylic acids is 1. The van der Waals surface area contributed by atoms with E-state index in [1.165, 1.54) is 6.07 Å². The maximum Gasteiger partial charge on any atom is 0.337 e. The standard InChI is InChI=1S/C12H12Br2N2O4/c13-6-3-7(10(17)18)9(8(14)4-6)16-11(19)12(15)1-2-20-5-12/h3-4H,1-2,5,15H2,(H,16,19)(H,17,18). The van der Waals surface area contributed by atoms with Crippen molar-refractivity contribution in [2.45, 2.75) is 12.0 Å². The third kappa shape index (κ3) is 3.03. The van der Waals surface area contributed by atoms with E-state index in [4.69, 9.17) is 10.5 Å². The highest BCUT2D eigenvalue weighted by Gasteiger charge is 2.39. The van der Waals surface area contributed by atoms with Gasteiger partial charge in [-0.25, -0.2) is 4.79 Å². The van der Waals surface area contributed by atoms with Gasteiger partial charge in [0.2, 0.25) is 5.91 Å². The van der Waals surface area contributed by atoms with Gasteiger partial charge in [0.1, 0.15) is 5.54 Å². The number of amides is 1. The van der Waals surface area contributed by atoms with Crippen LogP contribution in [0.5, 0.6) is 0 Å². The number of rotatable bonds is 3. The van der Waals surface area contributed by atoms with Gasteiger partial charge >= 0.3 is 5.97 Å². The Balaban J connectivity index is 2.33. The minimum absolute atomic E-state index is 0.0258. The molecule has 1 unspecified atom stereocenters. The van der Waals surface area contributed by atoms with Crippen LogP contribution in [0.4, 0.5) is 5.69 Å². The quantitative estimate of drug-likeness (QED) is 0.710. The number of carbonyl (C=O) groups excluding carboxylic acids is 1. The van der Waals surface area contributed by atoms with Crippen LogP contribution < -0.4 is 11.1 Å². The van der Waals surface area contributed by atoms with Crippen molar-refractivity contribution in [1.29, 1.82) is 0 Å². The summed E-state index contributed by atoms with van der Waals surface area (Å²) >= 11 is 6.45. The molecule has 1 heterocycles. The number of aromatic carboxylic acids is 1. The minimum Gasteiger partial charge on any atom is -0.478 e. The highest BCUT2D eigenvalue weighted by Crippen LogP contribution is 2.32. The van der Waals surface area contributed by atoms with Crippen molar-refractivity contribution in [3.8, 4) is 0 Å². The van der Waals surface area contributed by atoms with Crippen molar-refractivity contribution in [2.24, 2.45) is 5.73 Å². The van der Waals surface area contributed by atoms with Crippen LogP contribution in [0.3, 0.4) is 0 Å². The van der Waals surface area contributed by atoms with Crippen LogP contribution in [-0.2, 0) is 9.53 Å². The molecule has 0 bridgehead atoms. The summed E-state index contributed by atoms with van der Waals surface area (Å²) in [5.74, 6) is -1.60. The molecule has 0 radical (unpaired) electrons. The lowest BCUT2D eigenvalue weighted by molar-refractivity contribution is -0.121. The molecule has 1 atom stereocenters. The highest BCUT2D eigenvalue weighted by atomic mass is 79.9. The first-order valence-electron chi connectivity index (χ1n) is 5.74. The summed E-state index contributed by atoms with van der Waals surface area (Å²) in [6.45, 7) is 0.534. The Kier molecular flexibility index (Phi) is 4.48. The van der Waals surface area contributed by atoms with Gasteiger partial charge in [0, 0.05) is 15.6 Å². The number of hydrogen-bond acceptors (Lipinski definition) is 4. The first kappa shape index (κ1) is 15.4. The molecule has 1 aliphatic heterocycles. The third-order valence-electron chi connectivity index (χ3n) is 3.03. The molecular formula is C12H12Br2N2O4. The molecule has 0 spiro atoms. The van der Waals surface area contributed by atoms with Gasteiger partial charge in [-0.1, -0.05) is 15.9 Å². The first-order chi connectivity index (χ1) is 9.33. The Morgan fingerprint density at radius 1 is 1.40 bits per heavy atom. The lowest BCUT2D eigenvalue weighted by atomic mass is 9.99. The summed E-state index contributed by atoms with van der Waals surface area (Å²) in [5, 5.41) is 11.8. The molecule has 1 aromatic rings. The number of benzene rings is 1. The molecule has 108 valence electrons. The molecule has 20 heavy (non-hydrogen) atoms. The fourth-order valence-electron chi connectivity index (χ4n) is 1.87. The summed E-state index contributed by atoms with van der Waals surface area (Å²) in [7, 11) is 0. The van der Waals surface area contributed by atoms with Crippen molar-refractivity contribution in [3.63, 3.8) is 0 Å². The van der Waals surface area contributed by atoms with E-state index in [2.05, 4.69) is 37.2 Å². The van der Waals surface area contributed by atoms with Crippen LogP contribution in [0.15, 0.2) is 21.1 Å². The largest absolute Gasteiger partial charge is 0.478 e. The topological polar surface area (TPSA) is 102 Å². The van der Waals surface area contributed by atoms with E-state index in [9.17, 15) is 14.7 Å². The molecule has 0 saturated carbocycles. The second kappa shape index (κ2) is 5.80. The average Bonchev–Trinajstić information content (AvgIpc) is 2.80. The second-order valence-electron chi connectivity index (χ2n) is 4.53. The fraction of sp³-hybridized carbons (Fsp3) is 0.333. The lowest BCUT2D eigenvalue weighted by Gasteiger charge is -2.22. The number of carboxylic acid groups (broad SMARTS) is 1. The van der Waals surface area contributed by atoms with Crippen molar-refractivity contribution < 1.29 is 19.4 Å². The number of ether oxygens (including phenoxy) is 1. The van der Waals surface area contributed by atoms with Gasteiger partial charge in [-0.3, -0.25) is 4.79 Å². The van der Waals surface area contributed by atoms with Crippen LogP contribution in [0, 0.1) is 0 Å². The Labute approximate surface area is 131 Å². The molecule has 1 fully saturated rings. The van der Waals surface area contributed by atoms with Crippen LogP contribution in [-0.4, -0.2) is 35.7 Å². The minimum atomic E-state index is -1.14. The molecule has 2 rings (SSSR count). The molecule has 1 saturated heterocycles. The van der Waals surface area contributed by atoms with Crippen molar-refractivity contribution >= 4 is 49.4 Å². The SMILES string of the molecule is NC1(C(=O)Nc2c(Br)cc(Br)cc2C(=O)O)CCOC1. The van der Waals surface area contributed by atoms with E-state index in [1.54, 1.807) is 6.07 Å². The third-order valence-corrected chi connectivity index (χ3v) is 4.11. The summed E-state index contributed by atoms with van der Waals surface area (Å²) in [6, 6.07) is 3.06. The van der Waals surface area contributed by atoms with E-state index in [1.807, 2.05) is 0 Å². The summed E-state index contributed by atoms with van der Waals surface area (Å²) in [5.41, 5.74) is 4.98. The van der Waals surface area contributed by atoms with Crippen molar-refractivity contribution in [3.05, 3.63) is 26.6 Å². The van der Waals surface area contributed by atoms with E-state index in [0.717, 1.165) is 0 Å². The molecule has 8 heteroatoms. The van der Waals surface area contributed by atoms with E-state index in [0.29, 0.717) is 22.0 Å². The Morgan fingerprint density at radius 3 is 2.65 bits per heavy atom. The smallest absolute Gasteiger partial charge is 0.337 e. The molecule has 0 aliphatic carbocycles. The zero-order valence-corrected chi connectivity index (χ0v) is 13.5. The summed E-state index contributed by atoms with van der Waals surface area (Å²) in [4.78, 5) is 23.5. The normalized spacial score (nSPS) is 21.8. The number of nitrogens with two attached hydrogens (primary N) is 1. The molecule has 0 aromatic heterocycles. The van der Waals surface area contributed by atoms with Crippen LogP contribution in [0.1, 0.15) is 16.8 Å². The van der Waals surface area contributed by atoms with Crippen LogP contribution >= 0.6 is 31.9 Å². The average molecular weight is 408 g/mol. The number of carbonyl (C=O) groups is 2. The number of nitrogens with one attached hydrogen (secondary N) is 1. The second-order valence-corrected chi connectivity index (χ2v) is 6.30. The molecular weight excluding hydrogens is 396 g/mol. The number of hydrogen-bond donors (Lipinski definition) is 3. The van der Waals surface area contributed by atoms with E-state index >= 15 is 0 Å². The molecule has 1 amide bonds. The van der Waals surface area contributed by atoms with Gasteiger partial charge in [-0.2, -0.15) is 0 Å². The molecule has 1 aliphatic rings. The van der Waals surface area contributed by atoms with Crippen LogP contribution in [0.25, 0.3) is 0 Å². The summed E-state index contributed by atoms with van der Waals surface area (Å²) in [6.07, 6.45) is 0.398. The van der Waals surface area contributed by atoms with Gasteiger partial charge in [0.15, 0.2) is 0 Å². The first-order valence-corrected chi connectivity index (χ1v) is 7.32. The lowest BCUT2D eigenvalue weighted by Crippen LogP contribution is -2.51. The van der Waals surface area contributed by atoms with Gasteiger partial charge in [0.25, 0.3) is 0 Å². The maximum absolute atomic E-state index is 12.2. The predicted molar refractivity (Wildman–Crippen MR) is 79.8 cm³/mol. The zero-order valence-electron chi connectivity index (χ0n) is 10.3. The Bertz CT molecular complexity index is 571. The highest BCUT2D eigenvalue weighted by molar-refractivity contribution is 9.11. The van der Waals surface area contributed by atoms with Gasteiger partial charge < -0.3 is 20.9 Å². The Morgan fingerprint density at radius 2 is 2.10 bits per heavy atom. The van der Waals surface area contributed by atoms with Crippen molar-refractivity contribution in [2.75, 3.05) is 18.5 Å². The van der Waals surface area contributed by atoms with Gasteiger partial charge in [0.05, 0.1) is 17.9 Å². The fourth-order valence-corrected chi connectivity index (χ4v) is 3.19. The monoisotopic (exact) mass is 406 g/mol. The summed E-state index contributed by atoms with van der Waals surface area (Å²) < 4.78 is 6.17. The predicted octanol–water partition coefficient (Wildman–Crippen LogP) is 1.97. The number of halogens is 2. The van der Waals surface area contributed by atoms with Crippen LogP contribution in [0.2, 0.25) is 0 Å². The molecule has 1 aromatic carbocycles.